The highest BCUT2D eigenvalue weighted by atomic mass is 19.4. The molecule has 2 N–H and O–H groups in total. The van der Waals surface area contributed by atoms with E-state index in [1.807, 2.05) is 0 Å². The summed E-state index contributed by atoms with van der Waals surface area (Å²) in [5.41, 5.74) is -0.779. The number of hydrogen-bond donors (Lipinski definition) is 2. The van der Waals surface area contributed by atoms with Crippen LogP contribution in [-0.4, -0.2) is 52.2 Å². The van der Waals surface area contributed by atoms with Gasteiger partial charge in [0.1, 0.15) is 5.54 Å². The van der Waals surface area contributed by atoms with E-state index < -0.39 is 35.5 Å². The van der Waals surface area contributed by atoms with Gasteiger partial charge in [-0.05, 0) is 62.6 Å². The molecule has 2 aromatic rings. The zero-order valence-electron chi connectivity index (χ0n) is 19.1. The number of amides is 4. The number of pyridine rings is 1. The summed E-state index contributed by atoms with van der Waals surface area (Å²) in [6.07, 6.45) is -0.0219. The molecule has 0 bridgehead atoms. The number of anilines is 2. The summed E-state index contributed by atoms with van der Waals surface area (Å²) < 4.78 is 42.8. The van der Waals surface area contributed by atoms with E-state index in [2.05, 4.69) is 20.4 Å². The third-order valence-electron chi connectivity index (χ3n) is 5.76. The van der Waals surface area contributed by atoms with Crippen LogP contribution in [-0.2, 0) is 16.1 Å². The van der Waals surface area contributed by atoms with Crippen molar-refractivity contribution in [3.05, 3.63) is 48.3 Å². The molecule has 1 aliphatic carbocycles. The second-order valence-electron chi connectivity index (χ2n) is 8.86. The average Bonchev–Trinajstić information content (AvgIpc) is 3.59. The molecule has 12 heteroatoms. The van der Waals surface area contributed by atoms with E-state index in [0.717, 1.165) is 35.4 Å². The minimum atomic E-state index is -5.00. The van der Waals surface area contributed by atoms with Crippen LogP contribution >= 0.6 is 0 Å². The lowest BCUT2D eigenvalue weighted by Crippen LogP contribution is -2.43. The smallest absolute Gasteiger partial charge is 0.404 e. The van der Waals surface area contributed by atoms with Crippen molar-refractivity contribution in [1.82, 2.24) is 15.2 Å². The molecule has 0 spiro atoms. The lowest BCUT2D eigenvalue weighted by atomic mass is 10.0. The molecule has 1 saturated carbocycles. The van der Waals surface area contributed by atoms with Crippen LogP contribution in [0, 0.1) is 0 Å². The molecule has 1 aromatic heterocycles. The van der Waals surface area contributed by atoms with Crippen LogP contribution in [0.2, 0.25) is 0 Å². The molecule has 1 aliphatic heterocycles. The first-order valence-electron chi connectivity index (χ1n) is 10.9. The number of urea groups is 1. The molecule has 0 atom stereocenters. The predicted octanol–water partition coefficient (Wildman–Crippen LogP) is 3.42. The van der Waals surface area contributed by atoms with Crippen molar-refractivity contribution in [3.8, 4) is 5.75 Å². The minimum absolute atomic E-state index is 0.00489. The standard InChI is InChI=1S/C23H24F3N5O4/c1-22(2)20(33)31(21(34)30(22)13-14-7-9-27-10-8-14)16-5-6-18(35-23(24,25)26)17(11-16)29-19(32)12-28-15-3-4-15/h5-11,15,28H,3-4,12-13H2,1-2H3,(H,29,32). The summed E-state index contributed by atoms with van der Waals surface area (Å²) in [6, 6.07) is 6.25. The molecule has 1 saturated heterocycles. The molecule has 0 unspecified atom stereocenters. The SMILES string of the molecule is CC1(C)C(=O)N(c2ccc(OC(F)(F)F)c(NC(=O)CNC3CC3)c2)C(=O)N1Cc1ccncc1. The van der Waals surface area contributed by atoms with E-state index >= 15 is 0 Å². The van der Waals surface area contributed by atoms with Gasteiger partial charge in [0.15, 0.2) is 5.75 Å². The van der Waals surface area contributed by atoms with Crippen LogP contribution in [0.25, 0.3) is 0 Å². The average molecular weight is 491 g/mol. The van der Waals surface area contributed by atoms with E-state index in [4.69, 9.17) is 0 Å². The van der Waals surface area contributed by atoms with Gasteiger partial charge in [0.05, 0.1) is 17.9 Å². The van der Waals surface area contributed by atoms with E-state index in [1.165, 1.54) is 11.0 Å². The van der Waals surface area contributed by atoms with Crippen molar-refractivity contribution in [1.29, 1.82) is 0 Å². The number of aromatic nitrogens is 1. The molecular weight excluding hydrogens is 467 g/mol. The van der Waals surface area contributed by atoms with Gasteiger partial charge in [0, 0.05) is 25.0 Å². The van der Waals surface area contributed by atoms with Gasteiger partial charge in [-0.1, -0.05) is 0 Å². The van der Waals surface area contributed by atoms with E-state index in [9.17, 15) is 27.6 Å². The molecule has 2 fully saturated rings. The maximum atomic E-state index is 13.3. The zero-order chi connectivity index (χ0) is 25.4. The predicted molar refractivity (Wildman–Crippen MR) is 120 cm³/mol. The number of alkyl halides is 3. The first-order valence-corrected chi connectivity index (χ1v) is 10.9. The molecule has 0 radical (unpaired) electrons. The highest BCUT2D eigenvalue weighted by Crippen LogP contribution is 2.38. The third-order valence-corrected chi connectivity index (χ3v) is 5.76. The molecule has 2 heterocycles. The highest BCUT2D eigenvalue weighted by Gasteiger charge is 2.52. The summed E-state index contributed by atoms with van der Waals surface area (Å²) in [7, 11) is 0. The number of imide groups is 1. The summed E-state index contributed by atoms with van der Waals surface area (Å²) in [6.45, 7) is 3.19. The Bertz CT molecular complexity index is 1140. The Morgan fingerprint density at radius 3 is 2.49 bits per heavy atom. The number of benzene rings is 1. The monoisotopic (exact) mass is 491 g/mol. The second kappa shape index (κ2) is 9.17. The van der Waals surface area contributed by atoms with Crippen molar-refractivity contribution in [2.75, 3.05) is 16.8 Å². The van der Waals surface area contributed by atoms with Gasteiger partial charge >= 0.3 is 12.4 Å². The van der Waals surface area contributed by atoms with Crippen LogP contribution in [0.4, 0.5) is 29.3 Å². The Balaban J connectivity index is 1.62. The van der Waals surface area contributed by atoms with Crippen LogP contribution < -0.4 is 20.3 Å². The van der Waals surface area contributed by atoms with Gasteiger partial charge in [-0.2, -0.15) is 0 Å². The van der Waals surface area contributed by atoms with Gasteiger partial charge in [0.25, 0.3) is 5.91 Å². The quantitative estimate of drug-likeness (QED) is 0.549. The molecule has 4 amide bonds. The molecular formula is C23H24F3N5O4. The van der Waals surface area contributed by atoms with Gasteiger partial charge in [-0.15, -0.1) is 13.2 Å². The fraction of sp³-hybridized carbons (Fsp3) is 0.391. The molecule has 4 rings (SSSR count). The molecule has 186 valence electrons. The van der Waals surface area contributed by atoms with Gasteiger partial charge in [-0.3, -0.25) is 14.6 Å². The van der Waals surface area contributed by atoms with Crippen molar-refractivity contribution >= 4 is 29.2 Å². The minimum Gasteiger partial charge on any atom is -0.404 e. The number of hydrogen-bond acceptors (Lipinski definition) is 6. The fourth-order valence-electron chi connectivity index (χ4n) is 3.69. The van der Waals surface area contributed by atoms with E-state index in [1.54, 1.807) is 38.4 Å². The van der Waals surface area contributed by atoms with Crippen LogP contribution in [0.5, 0.6) is 5.75 Å². The van der Waals surface area contributed by atoms with Crippen LogP contribution in [0.15, 0.2) is 42.7 Å². The normalized spacial score (nSPS) is 17.6. The lowest BCUT2D eigenvalue weighted by Gasteiger charge is -2.27. The van der Waals surface area contributed by atoms with Gasteiger partial charge in [-0.25, -0.2) is 9.69 Å². The van der Waals surface area contributed by atoms with Gasteiger partial charge in [0.2, 0.25) is 5.91 Å². The number of nitrogens with zero attached hydrogens (tertiary/aromatic N) is 3. The van der Waals surface area contributed by atoms with Crippen molar-refractivity contribution in [3.63, 3.8) is 0 Å². The Hall–Kier alpha value is -3.67. The third kappa shape index (κ3) is 5.53. The highest BCUT2D eigenvalue weighted by molar-refractivity contribution is 6.23. The van der Waals surface area contributed by atoms with Crippen LogP contribution in [0.3, 0.4) is 0 Å². The number of ether oxygens (including phenoxy) is 1. The molecule has 35 heavy (non-hydrogen) atoms. The van der Waals surface area contributed by atoms with Crippen LogP contribution in [0.1, 0.15) is 32.3 Å². The molecule has 1 aromatic carbocycles. The maximum absolute atomic E-state index is 13.3. The largest absolute Gasteiger partial charge is 0.573 e. The Morgan fingerprint density at radius 2 is 1.86 bits per heavy atom. The summed E-state index contributed by atoms with van der Waals surface area (Å²) in [5.74, 6) is -1.80. The van der Waals surface area contributed by atoms with E-state index in [-0.39, 0.29) is 30.5 Å². The first kappa shape index (κ1) is 24.5. The van der Waals surface area contributed by atoms with Crippen molar-refractivity contribution in [2.24, 2.45) is 0 Å². The number of nitrogens with one attached hydrogen (secondary N) is 2. The van der Waals surface area contributed by atoms with Crippen molar-refractivity contribution < 1.29 is 32.3 Å². The van der Waals surface area contributed by atoms with E-state index in [0.29, 0.717) is 0 Å². The Labute approximate surface area is 199 Å². The number of halogens is 3. The number of carbonyl (C=O) groups excluding carboxylic acids is 3. The fourth-order valence-corrected chi connectivity index (χ4v) is 3.69. The topological polar surface area (TPSA) is 104 Å². The first-order chi connectivity index (χ1) is 16.5. The summed E-state index contributed by atoms with van der Waals surface area (Å²) >= 11 is 0. The number of rotatable bonds is 8. The lowest BCUT2D eigenvalue weighted by molar-refractivity contribution is -0.274. The summed E-state index contributed by atoms with van der Waals surface area (Å²) in [4.78, 5) is 45.0. The van der Waals surface area contributed by atoms with Crippen molar-refractivity contribution in [2.45, 2.75) is 51.2 Å². The second-order valence-corrected chi connectivity index (χ2v) is 8.86. The molecule has 9 nitrogen and oxygen atoms in total. The van der Waals surface area contributed by atoms with Gasteiger partial charge < -0.3 is 20.3 Å². The Kier molecular flexibility index (Phi) is 6.41. The zero-order valence-corrected chi connectivity index (χ0v) is 19.1. The maximum Gasteiger partial charge on any atom is 0.573 e. The number of carbonyl (C=O) groups is 3. The Morgan fingerprint density at radius 1 is 1.17 bits per heavy atom. The molecule has 2 aliphatic rings. The summed E-state index contributed by atoms with van der Waals surface area (Å²) in [5, 5.41) is 5.35.